The van der Waals surface area contributed by atoms with Crippen molar-refractivity contribution < 1.29 is 0 Å². The van der Waals surface area contributed by atoms with Crippen LogP contribution in [-0.2, 0) is 0 Å². The maximum Gasteiger partial charge on any atom is 0.104 e. The summed E-state index contributed by atoms with van der Waals surface area (Å²) in [5.74, 6) is 0.961. The van der Waals surface area contributed by atoms with Gasteiger partial charge >= 0.3 is 0 Å². The lowest BCUT2D eigenvalue weighted by Crippen LogP contribution is -2.45. The normalized spacial score (nSPS) is 20.8. The van der Waals surface area contributed by atoms with Gasteiger partial charge in [0.1, 0.15) is 5.54 Å². The molecule has 1 rings (SSSR count). The SMILES string of the molecule is CCCC1CCN(CCCC(C)(C#N)NC(C)C)CC1. The Morgan fingerprint density at radius 3 is 2.50 bits per heavy atom. The molecule has 0 aromatic heterocycles. The molecule has 0 aliphatic carbocycles. The zero-order valence-corrected chi connectivity index (χ0v) is 13.9. The zero-order valence-electron chi connectivity index (χ0n) is 13.9. The number of nitriles is 1. The summed E-state index contributed by atoms with van der Waals surface area (Å²) in [6, 6.07) is 2.81. The molecule has 1 fully saturated rings. The van der Waals surface area contributed by atoms with Gasteiger partial charge in [-0.2, -0.15) is 5.26 Å². The lowest BCUT2D eigenvalue weighted by atomic mass is 9.92. The Morgan fingerprint density at radius 2 is 2.00 bits per heavy atom. The average Bonchev–Trinajstić information content (AvgIpc) is 2.40. The summed E-state index contributed by atoms with van der Waals surface area (Å²) in [5, 5.41) is 12.7. The second kappa shape index (κ2) is 8.64. The molecule has 116 valence electrons. The number of likely N-dealkylation sites (tertiary alicyclic amines) is 1. The van der Waals surface area contributed by atoms with Crippen LogP contribution in [0.4, 0.5) is 0 Å². The summed E-state index contributed by atoms with van der Waals surface area (Å²) in [6.07, 6.45) is 7.52. The monoisotopic (exact) mass is 279 g/mol. The number of nitrogens with one attached hydrogen (secondary N) is 1. The van der Waals surface area contributed by atoms with Crippen LogP contribution in [0.1, 0.15) is 66.2 Å². The van der Waals surface area contributed by atoms with Crippen molar-refractivity contribution in [3.8, 4) is 6.07 Å². The summed E-state index contributed by atoms with van der Waals surface area (Å²) in [5.41, 5.74) is -0.366. The fourth-order valence-corrected chi connectivity index (χ4v) is 3.36. The van der Waals surface area contributed by atoms with E-state index in [2.05, 4.69) is 37.1 Å². The number of nitrogens with zero attached hydrogens (tertiary/aromatic N) is 2. The van der Waals surface area contributed by atoms with Crippen LogP contribution in [0, 0.1) is 17.2 Å². The molecule has 0 aromatic carbocycles. The second-order valence-corrected chi connectivity index (χ2v) is 6.92. The quantitative estimate of drug-likeness (QED) is 0.738. The molecule has 1 unspecified atom stereocenters. The van der Waals surface area contributed by atoms with E-state index >= 15 is 0 Å². The molecule has 1 aliphatic heterocycles. The van der Waals surface area contributed by atoms with Crippen LogP contribution in [0.3, 0.4) is 0 Å². The molecule has 0 bridgehead atoms. The largest absolute Gasteiger partial charge is 0.303 e. The third kappa shape index (κ3) is 6.24. The van der Waals surface area contributed by atoms with Crippen LogP contribution in [-0.4, -0.2) is 36.1 Å². The molecule has 1 saturated heterocycles. The van der Waals surface area contributed by atoms with Crippen LogP contribution in [0.2, 0.25) is 0 Å². The molecule has 1 atom stereocenters. The highest BCUT2D eigenvalue weighted by atomic mass is 15.1. The predicted molar refractivity (Wildman–Crippen MR) is 85.6 cm³/mol. The first-order chi connectivity index (χ1) is 9.49. The minimum Gasteiger partial charge on any atom is -0.303 e. The highest BCUT2D eigenvalue weighted by molar-refractivity contribution is 5.04. The Kier molecular flexibility index (Phi) is 7.55. The van der Waals surface area contributed by atoms with Gasteiger partial charge in [-0.25, -0.2) is 0 Å². The lowest BCUT2D eigenvalue weighted by molar-refractivity contribution is 0.172. The van der Waals surface area contributed by atoms with Gasteiger partial charge in [0.25, 0.3) is 0 Å². The summed E-state index contributed by atoms with van der Waals surface area (Å²) < 4.78 is 0. The highest BCUT2D eigenvalue weighted by Gasteiger charge is 2.24. The lowest BCUT2D eigenvalue weighted by Gasteiger charge is -2.33. The Bertz CT molecular complexity index is 300. The van der Waals surface area contributed by atoms with E-state index in [1.54, 1.807) is 0 Å². The van der Waals surface area contributed by atoms with Crippen LogP contribution in [0.15, 0.2) is 0 Å². The summed E-state index contributed by atoms with van der Waals surface area (Å²) in [7, 11) is 0. The molecular formula is C17H33N3. The van der Waals surface area contributed by atoms with E-state index in [0.717, 1.165) is 25.3 Å². The standard InChI is InChI=1S/C17H33N3/c1-5-7-16-8-12-20(13-9-16)11-6-10-17(4,14-18)19-15(2)3/h15-16,19H,5-13H2,1-4H3. The Labute approximate surface area is 125 Å². The number of hydrogen-bond donors (Lipinski definition) is 1. The van der Waals surface area contributed by atoms with Crippen LogP contribution in [0.5, 0.6) is 0 Å². The fraction of sp³-hybridized carbons (Fsp3) is 0.941. The first-order valence-electron chi connectivity index (χ1n) is 8.40. The summed E-state index contributed by atoms with van der Waals surface area (Å²) in [4.78, 5) is 2.58. The molecule has 1 N–H and O–H groups in total. The third-order valence-electron chi connectivity index (χ3n) is 4.41. The maximum absolute atomic E-state index is 9.34. The topological polar surface area (TPSA) is 39.1 Å². The van der Waals surface area contributed by atoms with Crippen LogP contribution >= 0.6 is 0 Å². The maximum atomic E-state index is 9.34. The number of piperidine rings is 1. The first kappa shape index (κ1) is 17.5. The van der Waals surface area contributed by atoms with Gasteiger partial charge < -0.3 is 4.90 Å². The summed E-state index contributed by atoms with van der Waals surface area (Å²) >= 11 is 0. The summed E-state index contributed by atoms with van der Waals surface area (Å²) in [6.45, 7) is 12.2. The van der Waals surface area contributed by atoms with E-state index in [9.17, 15) is 5.26 Å². The molecule has 3 heteroatoms. The van der Waals surface area contributed by atoms with E-state index in [-0.39, 0.29) is 5.54 Å². The Hall–Kier alpha value is -0.590. The van der Waals surface area contributed by atoms with Gasteiger partial charge in [-0.05, 0) is 72.0 Å². The van der Waals surface area contributed by atoms with Gasteiger partial charge in [0, 0.05) is 6.04 Å². The smallest absolute Gasteiger partial charge is 0.104 e. The molecule has 0 radical (unpaired) electrons. The van der Waals surface area contributed by atoms with Gasteiger partial charge in [-0.3, -0.25) is 5.32 Å². The van der Waals surface area contributed by atoms with Crippen molar-refractivity contribution in [1.82, 2.24) is 10.2 Å². The van der Waals surface area contributed by atoms with Crippen molar-refractivity contribution in [2.45, 2.75) is 77.8 Å². The minimum atomic E-state index is -0.366. The zero-order chi connectivity index (χ0) is 15.0. The second-order valence-electron chi connectivity index (χ2n) is 6.92. The fourth-order valence-electron chi connectivity index (χ4n) is 3.36. The van der Waals surface area contributed by atoms with Crippen molar-refractivity contribution in [3.05, 3.63) is 0 Å². The van der Waals surface area contributed by atoms with Crippen LogP contribution in [0.25, 0.3) is 0 Å². The van der Waals surface area contributed by atoms with Gasteiger partial charge in [-0.15, -0.1) is 0 Å². The predicted octanol–water partition coefficient (Wildman–Crippen LogP) is 3.56. The molecule has 1 aliphatic rings. The van der Waals surface area contributed by atoms with Crippen molar-refractivity contribution in [1.29, 1.82) is 5.26 Å². The molecular weight excluding hydrogens is 246 g/mol. The average molecular weight is 279 g/mol. The van der Waals surface area contributed by atoms with E-state index in [1.807, 2.05) is 6.92 Å². The van der Waals surface area contributed by atoms with Crippen molar-refractivity contribution >= 4 is 0 Å². The van der Waals surface area contributed by atoms with E-state index < -0.39 is 0 Å². The molecule has 0 saturated carbocycles. The van der Waals surface area contributed by atoms with Crippen molar-refractivity contribution in [3.63, 3.8) is 0 Å². The van der Waals surface area contributed by atoms with E-state index in [0.29, 0.717) is 6.04 Å². The van der Waals surface area contributed by atoms with Gasteiger partial charge in [0.05, 0.1) is 6.07 Å². The minimum absolute atomic E-state index is 0.365. The molecule has 1 heterocycles. The van der Waals surface area contributed by atoms with Gasteiger partial charge in [-0.1, -0.05) is 19.8 Å². The number of rotatable bonds is 8. The van der Waals surface area contributed by atoms with Gasteiger partial charge in [0.2, 0.25) is 0 Å². The van der Waals surface area contributed by atoms with E-state index in [4.69, 9.17) is 0 Å². The molecule has 0 spiro atoms. The molecule has 0 aromatic rings. The van der Waals surface area contributed by atoms with Crippen molar-refractivity contribution in [2.75, 3.05) is 19.6 Å². The first-order valence-corrected chi connectivity index (χ1v) is 8.40. The molecule has 20 heavy (non-hydrogen) atoms. The van der Waals surface area contributed by atoms with Crippen LogP contribution < -0.4 is 5.32 Å². The van der Waals surface area contributed by atoms with Gasteiger partial charge in [0.15, 0.2) is 0 Å². The number of hydrogen-bond acceptors (Lipinski definition) is 3. The highest BCUT2D eigenvalue weighted by Crippen LogP contribution is 2.22. The molecule has 3 nitrogen and oxygen atoms in total. The van der Waals surface area contributed by atoms with E-state index in [1.165, 1.54) is 38.8 Å². The molecule has 0 amide bonds. The third-order valence-corrected chi connectivity index (χ3v) is 4.41. The Balaban J connectivity index is 2.23. The Morgan fingerprint density at radius 1 is 1.35 bits per heavy atom. The van der Waals surface area contributed by atoms with Crippen molar-refractivity contribution in [2.24, 2.45) is 5.92 Å².